The van der Waals surface area contributed by atoms with Gasteiger partial charge in [-0.3, -0.25) is 9.97 Å². The van der Waals surface area contributed by atoms with Crippen LogP contribution >= 0.6 is 0 Å². The fraction of sp³-hybridized carbons (Fsp3) is 0. The molecule has 0 spiro atoms. The fourth-order valence-electron chi connectivity index (χ4n) is 8.79. The highest BCUT2D eigenvalue weighted by Crippen LogP contribution is 2.42. The summed E-state index contributed by atoms with van der Waals surface area (Å²) in [5, 5.41) is 15.9. The zero-order valence-corrected chi connectivity index (χ0v) is 33.6. The van der Waals surface area contributed by atoms with Gasteiger partial charge in [0.05, 0.1) is 22.7 Å². The summed E-state index contributed by atoms with van der Waals surface area (Å²) in [6, 6.07) is 63.8. The Kier molecular flexibility index (Phi) is 8.41. The number of fused-ring (bicyclic) bond motifs is 8. The molecule has 0 fully saturated rings. The van der Waals surface area contributed by atoms with Crippen molar-refractivity contribution in [1.29, 1.82) is 5.26 Å². The zero-order chi connectivity index (χ0) is 41.9. The number of pyridine rings is 2. The summed E-state index contributed by atoms with van der Waals surface area (Å²) < 4.78 is 6.27. The van der Waals surface area contributed by atoms with E-state index in [4.69, 9.17) is 29.3 Å². The maximum absolute atomic E-state index is 9.47. The number of nitriles is 1. The number of rotatable bonds is 6. The van der Waals surface area contributed by atoms with Crippen molar-refractivity contribution in [3.63, 3.8) is 0 Å². The van der Waals surface area contributed by atoms with Crippen molar-refractivity contribution in [1.82, 2.24) is 24.9 Å². The van der Waals surface area contributed by atoms with Crippen LogP contribution in [0.25, 0.3) is 122 Å². The van der Waals surface area contributed by atoms with Crippen molar-refractivity contribution in [3.8, 4) is 73.6 Å². The molecule has 8 aromatic carbocycles. The Bertz CT molecular complexity index is 3810. The Morgan fingerprint density at radius 2 is 0.889 bits per heavy atom. The van der Waals surface area contributed by atoms with Gasteiger partial charge in [0.15, 0.2) is 17.5 Å². The van der Waals surface area contributed by atoms with Crippen molar-refractivity contribution in [2.24, 2.45) is 0 Å². The summed E-state index contributed by atoms with van der Waals surface area (Å²) >= 11 is 0. The van der Waals surface area contributed by atoms with Crippen LogP contribution < -0.4 is 0 Å². The van der Waals surface area contributed by atoms with E-state index in [1.165, 1.54) is 0 Å². The topological polar surface area (TPSA) is 101 Å². The molecule has 0 aliphatic heterocycles. The first kappa shape index (κ1) is 36.0. The highest BCUT2D eigenvalue weighted by atomic mass is 16.3. The van der Waals surface area contributed by atoms with Crippen LogP contribution in [0, 0.1) is 11.3 Å². The van der Waals surface area contributed by atoms with Gasteiger partial charge in [-0.15, -0.1) is 0 Å². The molecule has 12 rings (SSSR count). The smallest absolute Gasteiger partial charge is 0.164 e. The first-order chi connectivity index (χ1) is 31.1. The molecule has 0 aliphatic carbocycles. The van der Waals surface area contributed by atoms with Gasteiger partial charge in [-0.25, -0.2) is 15.0 Å². The summed E-state index contributed by atoms with van der Waals surface area (Å²) in [5.74, 6) is 1.70. The minimum atomic E-state index is 0.557. The lowest BCUT2D eigenvalue weighted by molar-refractivity contribution is 0.669. The molecule has 0 unspecified atom stereocenters. The number of hydrogen-bond donors (Lipinski definition) is 0. The Balaban J connectivity index is 0.997. The number of furan rings is 1. The van der Waals surface area contributed by atoms with Gasteiger partial charge < -0.3 is 4.42 Å². The van der Waals surface area contributed by atoms with Crippen LogP contribution in [-0.2, 0) is 0 Å². The molecule has 4 aromatic heterocycles. The molecular formula is C56H32N6O. The van der Waals surface area contributed by atoms with Gasteiger partial charge in [0, 0.05) is 61.8 Å². The van der Waals surface area contributed by atoms with Gasteiger partial charge >= 0.3 is 0 Å². The lowest BCUT2D eigenvalue weighted by Gasteiger charge is -2.15. The maximum Gasteiger partial charge on any atom is 0.164 e. The summed E-state index contributed by atoms with van der Waals surface area (Å²) in [6.45, 7) is 0. The first-order valence-electron chi connectivity index (χ1n) is 20.7. The predicted octanol–water partition coefficient (Wildman–Crippen LogP) is 13.9. The van der Waals surface area contributed by atoms with Crippen LogP contribution in [0.2, 0.25) is 0 Å². The second-order valence-electron chi connectivity index (χ2n) is 15.6. The van der Waals surface area contributed by atoms with E-state index in [0.717, 1.165) is 105 Å². The molecule has 292 valence electrons. The van der Waals surface area contributed by atoms with Crippen LogP contribution in [-0.4, -0.2) is 24.9 Å². The van der Waals surface area contributed by atoms with Crippen molar-refractivity contribution in [2.45, 2.75) is 0 Å². The van der Waals surface area contributed by atoms with Crippen LogP contribution in [0.15, 0.2) is 199 Å². The second-order valence-corrected chi connectivity index (χ2v) is 15.6. The van der Waals surface area contributed by atoms with Crippen molar-refractivity contribution in [3.05, 3.63) is 200 Å². The van der Waals surface area contributed by atoms with Crippen LogP contribution in [0.1, 0.15) is 5.56 Å². The molecular weight excluding hydrogens is 773 g/mol. The molecule has 4 heterocycles. The van der Waals surface area contributed by atoms with Gasteiger partial charge in [-0.1, -0.05) is 121 Å². The maximum atomic E-state index is 9.47. The summed E-state index contributed by atoms with van der Waals surface area (Å²) in [6.07, 6.45) is 3.71. The molecule has 0 saturated heterocycles. The number of aromatic nitrogens is 5. The van der Waals surface area contributed by atoms with E-state index in [2.05, 4.69) is 91.0 Å². The molecule has 0 N–H and O–H groups in total. The van der Waals surface area contributed by atoms with Gasteiger partial charge in [-0.2, -0.15) is 5.26 Å². The summed E-state index contributed by atoms with van der Waals surface area (Å²) in [7, 11) is 0. The number of nitrogens with zero attached hydrogens (tertiary/aromatic N) is 6. The van der Waals surface area contributed by atoms with Crippen LogP contribution in [0.3, 0.4) is 0 Å². The fourth-order valence-corrected chi connectivity index (χ4v) is 8.79. The molecule has 0 bridgehead atoms. The Hall–Kier alpha value is -8.86. The zero-order valence-electron chi connectivity index (χ0n) is 33.6. The third-order valence-corrected chi connectivity index (χ3v) is 11.8. The van der Waals surface area contributed by atoms with E-state index in [9.17, 15) is 5.26 Å². The Morgan fingerprint density at radius 3 is 1.62 bits per heavy atom. The number of hydrogen-bond acceptors (Lipinski definition) is 7. The largest absolute Gasteiger partial charge is 0.456 e. The van der Waals surface area contributed by atoms with E-state index < -0.39 is 0 Å². The molecule has 0 aliphatic rings. The van der Waals surface area contributed by atoms with E-state index in [0.29, 0.717) is 23.0 Å². The molecule has 7 heteroatoms. The van der Waals surface area contributed by atoms with Crippen molar-refractivity contribution < 1.29 is 4.42 Å². The molecule has 0 saturated carbocycles. The van der Waals surface area contributed by atoms with Crippen molar-refractivity contribution in [2.75, 3.05) is 0 Å². The van der Waals surface area contributed by atoms with Gasteiger partial charge in [0.25, 0.3) is 0 Å². The highest BCUT2D eigenvalue weighted by Gasteiger charge is 2.19. The lowest BCUT2D eigenvalue weighted by atomic mass is 9.90. The minimum Gasteiger partial charge on any atom is -0.456 e. The summed E-state index contributed by atoms with van der Waals surface area (Å²) in [5.41, 5.74) is 12.8. The number of benzene rings is 8. The predicted molar refractivity (Wildman–Crippen MR) is 253 cm³/mol. The Morgan fingerprint density at radius 1 is 0.349 bits per heavy atom. The summed E-state index contributed by atoms with van der Waals surface area (Å²) in [4.78, 5) is 25.2. The SMILES string of the molecule is N#Cc1cccc(-c2ccc(-c3cc4c5cccnc5c(-c5cccc(-c6nc(-c7ccccc7)nc(-c7ccc8c(c7)oc7ccccc78)n6)c5)cc4c4cccnc34)cc2)c1. The van der Waals surface area contributed by atoms with Crippen molar-refractivity contribution >= 4 is 54.5 Å². The normalized spacial score (nSPS) is 11.5. The molecule has 0 radical (unpaired) electrons. The van der Waals surface area contributed by atoms with Gasteiger partial charge in [0.2, 0.25) is 0 Å². The van der Waals surface area contributed by atoms with E-state index >= 15 is 0 Å². The number of para-hydroxylation sites is 1. The highest BCUT2D eigenvalue weighted by molar-refractivity contribution is 6.22. The van der Waals surface area contributed by atoms with E-state index in [1.54, 1.807) is 0 Å². The molecule has 0 amide bonds. The standard InChI is InChI=1S/C56H32N6O/c57-33-34-10-6-13-38(28-34)35-20-22-36(23-21-35)46-31-48-45-18-9-27-59-53(45)47(32-49(48)44-17-8-26-58-52(44)46)39-14-7-15-40(29-39)55-60-54(37-11-2-1-3-12-37)61-56(62-55)41-24-25-43-42-16-4-5-19-50(42)63-51(43)30-41/h1-32H. The monoisotopic (exact) mass is 804 g/mol. The van der Waals surface area contributed by atoms with Gasteiger partial charge in [-0.05, 0) is 93.7 Å². The van der Waals surface area contributed by atoms with Gasteiger partial charge in [0.1, 0.15) is 11.2 Å². The molecule has 12 aromatic rings. The van der Waals surface area contributed by atoms with Crippen LogP contribution in [0.4, 0.5) is 0 Å². The molecule has 63 heavy (non-hydrogen) atoms. The van der Waals surface area contributed by atoms with E-state index in [-0.39, 0.29) is 0 Å². The molecule has 7 nitrogen and oxygen atoms in total. The average Bonchev–Trinajstić information content (AvgIpc) is 3.74. The van der Waals surface area contributed by atoms with Crippen LogP contribution in [0.5, 0.6) is 0 Å². The third-order valence-electron chi connectivity index (χ3n) is 11.8. The lowest BCUT2D eigenvalue weighted by Crippen LogP contribution is -2.00. The first-order valence-corrected chi connectivity index (χ1v) is 20.7. The molecule has 0 atom stereocenters. The quantitative estimate of drug-likeness (QED) is 0.154. The van der Waals surface area contributed by atoms with E-state index in [1.807, 2.05) is 109 Å². The minimum absolute atomic E-state index is 0.557. The Labute approximate surface area is 361 Å². The second kappa shape index (κ2) is 14.7. The average molecular weight is 805 g/mol. The third kappa shape index (κ3) is 6.25.